The van der Waals surface area contributed by atoms with Crippen LogP contribution in [-0.4, -0.2) is 36.0 Å². The summed E-state index contributed by atoms with van der Waals surface area (Å²) in [4.78, 5) is 14.1. The number of halogens is 1. The molecule has 2 N–H and O–H groups in total. The van der Waals surface area contributed by atoms with Crippen molar-refractivity contribution in [3.63, 3.8) is 0 Å². The van der Waals surface area contributed by atoms with Crippen molar-refractivity contribution in [2.24, 2.45) is 0 Å². The summed E-state index contributed by atoms with van der Waals surface area (Å²) in [5.74, 6) is -0.344. The molecule has 0 aromatic heterocycles. The third-order valence-electron chi connectivity index (χ3n) is 3.99. The van der Waals surface area contributed by atoms with Gasteiger partial charge >= 0.3 is 6.09 Å². The molecule has 1 amide bonds. The largest absolute Gasteiger partial charge is 0.444 e. The van der Waals surface area contributed by atoms with Gasteiger partial charge in [-0.05, 0) is 58.7 Å². The average molecular weight is 338 g/mol. The minimum absolute atomic E-state index is 0.275. The van der Waals surface area contributed by atoms with Gasteiger partial charge in [0.1, 0.15) is 11.4 Å². The van der Waals surface area contributed by atoms with Gasteiger partial charge in [0.2, 0.25) is 0 Å². The molecule has 1 fully saturated rings. The molecule has 24 heavy (non-hydrogen) atoms. The molecule has 1 aromatic carbocycles. The summed E-state index contributed by atoms with van der Waals surface area (Å²) in [7, 11) is 0. The van der Waals surface area contributed by atoms with Crippen LogP contribution in [0.3, 0.4) is 0 Å². The highest BCUT2D eigenvalue weighted by Gasteiger charge is 2.24. The number of rotatable bonds is 3. The molecule has 6 heteroatoms. The van der Waals surface area contributed by atoms with Gasteiger partial charge in [-0.1, -0.05) is 0 Å². The zero-order valence-electron chi connectivity index (χ0n) is 14.8. The van der Waals surface area contributed by atoms with Crippen LogP contribution in [0.2, 0.25) is 0 Å². The van der Waals surface area contributed by atoms with E-state index in [-0.39, 0.29) is 11.9 Å². The molecule has 1 aliphatic rings. The van der Waals surface area contributed by atoms with E-state index in [9.17, 15) is 14.3 Å². The van der Waals surface area contributed by atoms with E-state index >= 15 is 0 Å². The first-order chi connectivity index (χ1) is 11.2. The van der Waals surface area contributed by atoms with Crippen LogP contribution >= 0.6 is 0 Å². The van der Waals surface area contributed by atoms with Crippen LogP contribution in [0, 0.1) is 5.82 Å². The fourth-order valence-corrected chi connectivity index (χ4v) is 2.83. The molecule has 5 nitrogen and oxygen atoms in total. The van der Waals surface area contributed by atoms with Crippen molar-refractivity contribution in [3.8, 4) is 0 Å². The fraction of sp³-hybridized carbons (Fsp3) is 0.611. The van der Waals surface area contributed by atoms with Crippen molar-refractivity contribution >= 4 is 11.8 Å². The standard InChI is InChI=1S/C18H27FN2O3/c1-12(20-17(23)24-18(2,3)4)15-11-13(19)5-6-16(15)21-9-7-14(22)8-10-21/h5-6,11-12,14,22H,7-10H2,1-4H3,(H,20,23)/t12-/m0/s1. The lowest BCUT2D eigenvalue weighted by Gasteiger charge is -2.34. The van der Waals surface area contributed by atoms with E-state index in [0.29, 0.717) is 31.5 Å². The maximum Gasteiger partial charge on any atom is 0.408 e. The van der Waals surface area contributed by atoms with Crippen molar-refractivity contribution < 1.29 is 19.0 Å². The number of benzene rings is 1. The summed E-state index contributed by atoms with van der Waals surface area (Å²) in [5.41, 5.74) is 1.00. The summed E-state index contributed by atoms with van der Waals surface area (Å²) in [6, 6.07) is 4.21. The molecule has 0 unspecified atom stereocenters. The third kappa shape index (κ3) is 5.09. The zero-order valence-corrected chi connectivity index (χ0v) is 14.8. The number of aliphatic hydroxyl groups excluding tert-OH is 1. The lowest BCUT2D eigenvalue weighted by atomic mass is 10.0. The van der Waals surface area contributed by atoms with Gasteiger partial charge in [-0.15, -0.1) is 0 Å². The molecule has 1 atom stereocenters. The Kier molecular flexibility index (Phi) is 5.70. The van der Waals surface area contributed by atoms with E-state index in [2.05, 4.69) is 10.2 Å². The van der Waals surface area contributed by atoms with Gasteiger partial charge in [-0.25, -0.2) is 9.18 Å². The highest BCUT2D eigenvalue weighted by Crippen LogP contribution is 2.30. The van der Waals surface area contributed by atoms with Gasteiger partial charge in [0.25, 0.3) is 0 Å². The number of alkyl carbamates (subject to hydrolysis) is 1. The van der Waals surface area contributed by atoms with Gasteiger partial charge in [-0.2, -0.15) is 0 Å². The maximum absolute atomic E-state index is 13.7. The van der Waals surface area contributed by atoms with E-state index < -0.39 is 17.7 Å². The summed E-state index contributed by atoms with van der Waals surface area (Å²) >= 11 is 0. The van der Waals surface area contributed by atoms with Gasteiger partial charge in [0.15, 0.2) is 0 Å². The number of hydrogen-bond donors (Lipinski definition) is 2. The number of anilines is 1. The topological polar surface area (TPSA) is 61.8 Å². The first-order valence-electron chi connectivity index (χ1n) is 8.37. The lowest BCUT2D eigenvalue weighted by molar-refractivity contribution is 0.0508. The van der Waals surface area contributed by atoms with Gasteiger partial charge in [-0.3, -0.25) is 0 Å². The summed E-state index contributed by atoms with van der Waals surface area (Å²) in [6.45, 7) is 8.61. The van der Waals surface area contributed by atoms with Crippen LogP contribution in [0.25, 0.3) is 0 Å². The normalized spacial score (nSPS) is 17.5. The highest BCUT2D eigenvalue weighted by atomic mass is 19.1. The molecule has 0 saturated carbocycles. The van der Waals surface area contributed by atoms with E-state index in [1.54, 1.807) is 33.8 Å². The molecule has 2 rings (SSSR count). The van der Waals surface area contributed by atoms with Gasteiger partial charge in [0, 0.05) is 24.3 Å². The minimum atomic E-state index is -0.586. The first-order valence-corrected chi connectivity index (χ1v) is 8.37. The SMILES string of the molecule is C[C@H](NC(=O)OC(C)(C)C)c1cc(F)ccc1N1CCC(O)CC1. The Hall–Kier alpha value is -1.82. The predicted molar refractivity (Wildman–Crippen MR) is 91.6 cm³/mol. The number of piperidine rings is 1. The van der Waals surface area contributed by atoms with Crippen LogP contribution in [0.5, 0.6) is 0 Å². The molecule has 134 valence electrons. The molecule has 1 aliphatic heterocycles. The molecule has 0 radical (unpaired) electrons. The number of aliphatic hydroxyl groups is 1. The molecule has 0 spiro atoms. The fourth-order valence-electron chi connectivity index (χ4n) is 2.83. The number of nitrogens with zero attached hydrogens (tertiary/aromatic N) is 1. The quantitative estimate of drug-likeness (QED) is 0.887. The second kappa shape index (κ2) is 7.38. The summed E-state index contributed by atoms with van der Waals surface area (Å²) in [6.07, 6.45) is 0.566. The number of amides is 1. The van der Waals surface area contributed by atoms with Crippen LogP contribution in [0.1, 0.15) is 52.1 Å². The van der Waals surface area contributed by atoms with Crippen LogP contribution in [0.4, 0.5) is 14.9 Å². The van der Waals surface area contributed by atoms with Crippen molar-refractivity contribution in [3.05, 3.63) is 29.6 Å². The van der Waals surface area contributed by atoms with E-state index in [1.165, 1.54) is 12.1 Å². The van der Waals surface area contributed by atoms with Crippen LogP contribution in [0.15, 0.2) is 18.2 Å². The molecule has 1 heterocycles. The maximum atomic E-state index is 13.7. The smallest absolute Gasteiger partial charge is 0.408 e. The Morgan fingerprint density at radius 2 is 2.00 bits per heavy atom. The van der Waals surface area contributed by atoms with Gasteiger partial charge < -0.3 is 20.1 Å². The monoisotopic (exact) mass is 338 g/mol. The minimum Gasteiger partial charge on any atom is -0.444 e. The highest BCUT2D eigenvalue weighted by molar-refractivity contribution is 5.69. The van der Waals surface area contributed by atoms with E-state index in [4.69, 9.17) is 4.74 Å². The van der Waals surface area contributed by atoms with Crippen molar-refractivity contribution in [2.45, 2.75) is 58.3 Å². The lowest BCUT2D eigenvalue weighted by Crippen LogP contribution is -2.38. The molecule has 0 bridgehead atoms. The van der Waals surface area contributed by atoms with Gasteiger partial charge in [0.05, 0.1) is 12.1 Å². The summed E-state index contributed by atoms with van der Waals surface area (Å²) in [5, 5.41) is 12.4. The van der Waals surface area contributed by atoms with Crippen LogP contribution in [-0.2, 0) is 4.74 Å². The number of hydrogen-bond acceptors (Lipinski definition) is 4. The number of nitrogens with one attached hydrogen (secondary N) is 1. The molecule has 1 aromatic rings. The van der Waals surface area contributed by atoms with E-state index in [0.717, 1.165) is 5.69 Å². The Bertz CT molecular complexity index is 578. The second-order valence-corrected chi connectivity index (χ2v) is 7.29. The summed E-state index contributed by atoms with van der Waals surface area (Å²) < 4.78 is 19.0. The van der Waals surface area contributed by atoms with Crippen molar-refractivity contribution in [2.75, 3.05) is 18.0 Å². The van der Waals surface area contributed by atoms with E-state index in [1.807, 2.05) is 0 Å². The number of carbonyl (C=O) groups excluding carboxylic acids is 1. The third-order valence-corrected chi connectivity index (χ3v) is 3.99. The van der Waals surface area contributed by atoms with Crippen LogP contribution < -0.4 is 10.2 Å². The Balaban J connectivity index is 2.16. The molecule has 0 aliphatic carbocycles. The predicted octanol–water partition coefficient (Wildman–Crippen LogP) is 3.37. The second-order valence-electron chi connectivity index (χ2n) is 7.29. The van der Waals surface area contributed by atoms with Crippen molar-refractivity contribution in [1.29, 1.82) is 0 Å². The van der Waals surface area contributed by atoms with Crippen molar-refractivity contribution in [1.82, 2.24) is 5.32 Å². The molecular formula is C18H27FN2O3. The Morgan fingerprint density at radius 3 is 2.58 bits per heavy atom. The number of ether oxygens (including phenoxy) is 1. The Labute approximate surface area is 142 Å². The average Bonchev–Trinajstić information content (AvgIpc) is 2.46. The first kappa shape index (κ1) is 18.5. The number of carbonyl (C=O) groups is 1. The molecular weight excluding hydrogens is 311 g/mol. The Morgan fingerprint density at radius 1 is 1.38 bits per heavy atom. The zero-order chi connectivity index (χ0) is 17.9. The molecule has 1 saturated heterocycles.